The van der Waals surface area contributed by atoms with Gasteiger partial charge in [0.15, 0.2) is 23.3 Å². The predicted octanol–water partition coefficient (Wildman–Crippen LogP) is 20.9. The number of benzene rings is 9. The smallest absolute Gasteiger partial charge is 0.261 e. The maximum atomic E-state index is 12.2. The highest BCUT2D eigenvalue weighted by Crippen LogP contribution is 2.39. The van der Waals surface area contributed by atoms with E-state index in [1.807, 2.05) is 222 Å². The lowest BCUT2D eigenvalue weighted by atomic mass is 10.1. The minimum atomic E-state index is -2.45. The van der Waals surface area contributed by atoms with E-state index in [2.05, 4.69) is 117 Å². The van der Waals surface area contributed by atoms with E-state index < -0.39 is 13.0 Å². The second kappa shape index (κ2) is 51.0. The molecule has 9 aromatic carbocycles. The molecule has 8 aromatic heterocycles. The second-order valence-electron chi connectivity index (χ2n) is 29.9. The fourth-order valence-electron chi connectivity index (χ4n) is 13.8. The second-order valence-corrected chi connectivity index (χ2v) is 31.5. The Morgan fingerprint density at radius 2 is 0.941 bits per heavy atom. The van der Waals surface area contributed by atoms with Gasteiger partial charge in [0.2, 0.25) is 5.89 Å². The number of para-hydroxylation sites is 8. The van der Waals surface area contributed by atoms with Gasteiger partial charge in [0.1, 0.15) is 81.7 Å². The van der Waals surface area contributed by atoms with Crippen molar-refractivity contribution in [3.8, 4) is 136 Å². The van der Waals surface area contributed by atoms with E-state index in [1.54, 1.807) is 137 Å². The van der Waals surface area contributed by atoms with Crippen molar-refractivity contribution in [3.63, 3.8) is 0 Å². The zero-order valence-electron chi connectivity index (χ0n) is 80.5. The minimum absolute atomic E-state index is 0.124. The number of rotatable bonds is 20. The number of aromatic amines is 2. The first kappa shape index (κ1) is 103. The van der Waals surface area contributed by atoms with E-state index in [-0.39, 0.29) is 5.91 Å². The lowest BCUT2D eigenvalue weighted by Gasteiger charge is -2.09. The largest absolute Gasteiger partial charge is 0.496 e. The van der Waals surface area contributed by atoms with E-state index in [9.17, 15) is 13.6 Å². The van der Waals surface area contributed by atoms with Crippen LogP contribution in [0.25, 0.3) is 90.2 Å². The van der Waals surface area contributed by atoms with Crippen LogP contribution in [-0.2, 0) is 20.6 Å². The summed E-state index contributed by atoms with van der Waals surface area (Å²) in [6.45, 7) is 25.0. The molecule has 0 saturated heterocycles. The number of hydrogen-bond donors (Lipinski definition) is 3. The van der Waals surface area contributed by atoms with Crippen molar-refractivity contribution in [3.05, 3.63) is 279 Å². The van der Waals surface area contributed by atoms with Crippen LogP contribution in [0.3, 0.4) is 0 Å². The molecule has 706 valence electrons. The number of halogens is 2. The number of alkyl halides is 2. The summed E-state index contributed by atoms with van der Waals surface area (Å²) in [7, 11) is 18.4. The van der Waals surface area contributed by atoms with Crippen LogP contribution >= 0.6 is 23.1 Å². The number of thiazole rings is 1. The summed E-state index contributed by atoms with van der Waals surface area (Å²) in [5.41, 5.74) is 20.7. The van der Waals surface area contributed by atoms with Crippen LogP contribution in [0.4, 0.5) is 8.78 Å². The predicted molar refractivity (Wildman–Crippen MR) is 523 cm³/mol. The van der Waals surface area contributed by atoms with Crippen molar-refractivity contribution in [2.45, 2.75) is 108 Å². The zero-order valence-corrected chi connectivity index (χ0v) is 82.1. The highest BCUT2D eigenvalue weighted by molar-refractivity contribution is 7.98. The molecule has 0 fully saturated rings. The Kier molecular flexibility index (Phi) is 39.0. The van der Waals surface area contributed by atoms with Crippen molar-refractivity contribution in [2.75, 3.05) is 70.2 Å². The number of H-pyrrole nitrogens is 2. The van der Waals surface area contributed by atoms with Crippen LogP contribution in [0, 0.1) is 90.0 Å². The summed E-state index contributed by atoms with van der Waals surface area (Å²) in [4.78, 5) is 35.4. The number of nitrogens with zero attached hydrogens (tertiary/aromatic N) is 17. The molecular weight excluding hydrogens is 1760 g/mol. The van der Waals surface area contributed by atoms with Crippen LogP contribution in [0.2, 0.25) is 0 Å². The van der Waals surface area contributed by atoms with Gasteiger partial charge in [-0.25, -0.2) is 33.4 Å². The van der Waals surface area contributed by atoms with Gasteiger partial charge in [-0.05, 0) is 194 Å². The Morgan fingerprint density at radius 3 is 1.37 bits per heavy atom. The van der Waals surface area contributed by atoms with Crippen LogP contribution in [0.15, 0.2) is 214 Å². The van der Waals surface area contributed by atoms with Gasteiger partial charge in [-0.3, -0.25) is 19.7 Å². The van der Waals surface area contributed by atoms with Gasteiger partial charge < -0.3 is 52.2 Å². The number of ether oxygens (including phenoxy) is 8. The number of amides is 1. The molecule has 0 atom stereocenters. The summed E-state index contributed by atoms with van der Waals surface area (Å²) in [5.74, 6) is 11.2. The molecule has 3 N–H and O–H groups in total. The monoisotopic (exact) mass is 1870 g/mol. The van der Waals surface area contributed by atoms with Crippen molar-refractivity contribution in [2.24, 2.45) is 14.1 Å². The first-order chi connectivity index (χ1) is 65.0. The summed E-state index contributed by atoms with van der Waals surface area (Å²) in [5, 5.41) is 47.4. The fraction of sp³-hybridized carbons (Fsp3) is 0.270. The zero-order chi connectivity index (χ0) is 98.0. The molecular formula is C100H114F2N20O11S2. The first-order valence-corrected chi connectivity index (χ1v) is 44.4. The molecule has 0 radical (unpaired) electrons. The van der Waals surface area contributed by atoms with E-state index >= 15 is 0 Å². The summed E-state index contributed by atoms with van der Waals surface area (Å²) in [6.07, 6.45) is 5.92. The molecule has 0 bridgehead atoms. The van der Waals surface area contributed by atoms with Gasteiger partial charge in [-0.15, -0.1) is 33.3 Å². The van der Waals surface area contributed by atoms with E-state index in [4.69, 9.17) is 46.8 Å². The molecule has 0 aliphatic carbocycles. The molecule has 135 heavy (non-hydrogen) atoms. The molecule has 0 aliphatic heterocycles. The SMILES string of the molecule is CNC(=O)c1cccc(C)c1OC.COc1c(C)cccc1-c1ccn[nH]1.COc1c(C)cccc1-c1cnn(C)n1.COc1c(C)cccc1-c1nc(C)cs1.COc1c(C)cccc1-c1nc(C)n(C)n1.COc1c(C)cccc1-c1nc(C)no1.COc1c(C)cccc1-c1ncn(CC(F)F)n1.COc1c(C)cccc1-c1nnc(C)o1.CSc1c(C)cccc1-c1ncn[nH]1. The Labute approximate surface area is 792 Å². The third kappa shape index (κ3) is 27.7. The van der Waals surface area contributed by atoms with Gasteiger partial charge in [-0.2, -0.15) is 40.4 Å². The fourth-order valence-corrected chi connectivity index (χ4v) is 15.4. The Balaban J connectivity index is 0.000000171. The molecule has 0 saturated carbocycles. The number of nitrogens with one attached hydrogen (secondary N) is 3. The van der Waals surface area contributed by atoms with Gasteiger partial charge in [0.25, 0.3) is 24.1 Å². The Bertz CT molecular complexity index is 6160. The molecule has 8 heterocycles. The number of aromatic nitrogens is 19. The van der Waals surface area contributed by atoms with Crippen LogP contribution in [0.5, 0.6) is 46.0 Å². The van der Waals surface area contributed by atoms with Gasteiger partial charge in [0, 0.05) is 66.9 Å². The third-order valence-corrected chi connectivity index (χ3v) is 22.2. The Hall–Kier alpha value is -15.3. The number of aryl methyl sites for hydroxylation is 15. The van der Waals surface area contributed by atoms with Crippen molar-refractivity contribution < 1.29 is 60.4 Å². The van der Waals surface area contributed by atoms with E-state index in [0.29, 0.717) is 57.8 Å². The third-order valence-electron chi connectivity index (χ3n) is 20.2. The first-order valence-electron chi connectivity index (χ1n) is 42.3. The Morgan fingerprint density at radius 1 is 0.481 bits per heavy atom. The highest BCUT2D eigenvalue weighted by Gasteiger charge is 2.21. The normalized spacial score (nSPS) is 10.3. The van der Waals surface area contributed by atoms with E-state index in [0.717, 1.165) is 156 Å². The van der Waals surface area contributed by atoms with Crippen LogP contribution < -0.4 is 43.2 Å². The quantitative estimate of drug-likeness (QED) is 0.0597. The molecule has 35 heteroatoms. The highest BCUT2D eigenvalue weighted by atomic mass is 32.2. The van der Waals surface area contributed by atoms with Crippen molar-refractivity contribution in [1.82, 2.24) is 101 Å². The summed E-state index contributed by atoms with van der Waals surface area (Å²) >= 11 is 3.38. The number of hydrogen-bond acceptors (Lipinski definition) is 27. The van der Waals surface area contributed by atoms with Gasteiger partial charge >= 0.3 is 0 Å². The van der Waals surface area contributed by atoms with Crippen molar-refractivity contribution in [1.29, 1.82) is 0 Å². The molecule has 0 spiro atoms. The lowest BCUT2D eigenvalue weighted by Crippen LogP contribution is -2.18. The number of carbonyl (C=O) groups excluding carboxylic acids is 1. The molecule has 0 aliphatic rings. The molecule has 0 unspecified atom stereocenters. The number of thioether (sulfide) groups is 1. The minimum Gasteiger partial charge on any atom is -0.496 e. The lowest BCUT2D eigenvalue weighted by molar-refractivity contribution is 0.0959. The maximum Gasteiger partial charge on any atom is 0.261 e. The summed E-state index contributed by atoms with van der Waals surface area (Å²) < 4.78 is 80.4. The van der Waals surface area contributed by atoms with Gasteiger partial charge in [-0.1, -0.05) is 120 Å². The number of carbonyl (C=O) groups is 1. The maximum absolute atomic E-state index is 12.2. The standard InChI is InChI=1S/C12H13F2N3O.C12H15N3O.C12H13NOS.C11H13N3O.2C11H12N2O2.C11H12N2O.C10H11N3S.C10H13NO2/c1-8-4-3-5-9(11(8)18-2)12-15-7-17(16-12)6-10(13)14;1-8-6-5-7-10(11(8)16-4)12-13-9(2)15(3)14-12;1-8-5-4-6-10(11(8)14-3)12-13-9(2)7-15-12;1-8-5-4-6-9(11(8)15-3)10-7-12-14(2)13-10;1-7-5-4-6-9(10(7)14-3)11-13-12-8(2)15-11;1-7-5-4-6-9(10(7)14-3)11-12-8(2)13-15-11;1-8-4-3-5-9(11(8)14-2)10-6-7-12-13-10;1-7-4-3-5-8(9(7)14-2)10-11-6-12-13-10;1-7-5-4-6-8(9(7)13-3)10(12)11-2/h3-5,7,10H,6H2,1-2H3;5-7H,1-4H3;2*4-7H,1-3H3;2*4-6H,1-3H3;3-7H,1-2H3,(H,12,13);3-6H,1-2H3,(H,11,12,13);4-6H,1-3H3,(H,11,12). The average molecular weight is 1870 g/mol. The van der Waals surface area contributed by atoms with Gasteiger partial charge in [0.05, 0.1) is 102 Å². The molecule has 31 nitrogen and oxygen atoms in total. The average Bonchev–Trinajstić information content (AvgIpc) is 1.71. The van der Waals surface area contributed by atoms with E-state index in [1.165, 1.54) is 27.9 Å². The number of methoxy groups -OCH3 is 8. The topological polar surface area (TPSA) is 356 Å². The molecule has 17 aromatic rings. The summed E-state index contributed by atoms with van der Waals surface area (Å²) in [6, 6.07) is 54.9. The van der Waals surface area contributed by atoms with Crippen molar-refractivity contribution >= 4 is 29.0 Å². The molecule has 17 rings (SSSR count). The van der Waals surface area contributed by atoms with Crippen LogP contribution in [0.1, 0.15) is 83.7 Å². The van der Waals surface area contributed by atoms with Crippen LogP contribution in [-0.4, -0.2) is 178 Å². The molecule has 1 amide bonds.